The summed E-state index contributed by atoms with van der Waals surface area (Å²) in [6.45, 7) is 3.47. The van der Waals surface area contributed by atoms with Crippen LogP contribution in [-0.4, -0.2) is 15.3 Å². The maximum absolute atomic E-state index is 10.9. The second-order valence-electron chi connectivity index (χ2n) is 2.20. The third kappa shape index (κ3) is 1.79. The second-order valence-corrected chi connectivity index (χ2v) is 4.24. The molecular weight excluding hydrogens is 274 g/mol. The largest absolute Gasteiger partial charge is 0.294 e. The van der Waals surface area contributed by atoms with Crippen molar-refractivity contribution in [2.75, 3.05) is 0 Å². The molecule has 5 heteroatoms. The normalized spacial score (nSPS) is 11.2. The van der Waals surface area contributed by atoms with Crippen molar-refractivity contribution in [2.24, 2.45) is 0 Å². The van der Waals surface area contributed by atoms with Crippen molar-refractivity contribution in [3.63, 3.8) is 0 Å². The van der Waals surface area contributed by atoms with Crippen molar-refractivity contribution in [1.82, 2.24) is 9.55 Å². The summed E-state index contributed by atoms with van der Waals surface area (Å²) in [5, 5.41) is 4.06. The van der Waals surface area contributed by atoms with Crippen molar-refractivity contribution >= 4 is 34.2 Å². The molecule has 0 bridgehead atoms. The molecule has 1 aromatic heterocycles. The predicted octanol–water partition coefficient (Wildman–Crippen LogP) is 2.19. The van der Waals surface area contributed by atoms with Gasteiger partial charge in [-0.3, -0.25) is 4.79 Å². The lowest BCUT2D eigenvalue weighted by Crippen LogP contribution is -1.94. The average molecular weight is 282 g/mol. The lowest BCUT2D eigenvalue weighted by Gasteiger charge is -1.96. The summed E-state index contributed by atoms with van der Waals surface area (Å²) in [4.78, 5) is 10.9. The van der Waals surface area contributed by atoms with Crippen LogP contribution in [0.3, 0.4) is 0 Å². The van der Waals surface area contributed by atoms with E-state index in [0.29, 0.717) is 6.37 Å². The Bertz CT molecular complexity index is 284. The maximum atomic E-state index is 10.9. The van der Waals surface area contributed by atoms with Crippen LogP contribution in [0.25, 0.3) is 0 Å². The fourth-order valence-corrected chi connectivity index (χ4v) is 2.65. The van der Waals surface area contributed by atoms with E-state index in [9.17, 15) is 4.79 Å². The van der Waals surface area contributed by atoms with Crippen molar-refractivity contribution in [3.05, 3.63) is 17.5 Å². The Kier molecular flexibility index (Phi) is 3.01. The molecule has 0 saturated carbocycles. The Hall–Kier alpha value is 0.0400. The van der Waals surface area contributed by atoms with E-state index in [0.717, 1.165) is 11.3 Å². The summed E-state index contributed by atoms with van der Waals surface area (Å²) in [6.07, 6.45) is 2.19. The first-order valence-electron chi connectivity index (χ1n) is 3.09. The van der Waals surface area contributed by atoms with E-state index in [1.807, 2.05) is 11.4 Å². The molecule has 1 unspecified atom stereocenters. The van der Waals surface area contributed by atoms with E-state index in [2.05, 4.69) is 27.1 Å². The van der Waals surface area contributed by atoms with E-state index >= 15 is 0 Å². The number of rotatable bonds is 2. The van der Waals surface area contributed by atoms with E-state index < -0.39 is 0 Å². The number of halogens is 1. The smallest absolute Gasteiger partial charge is 0.163 e. The monoisotopic (exact) mass is 282 g/mol. The average Bonchev–Trinajstić information content (AvgIpc) is 2.30. The first-order valence-corrected chi connectivity index (χ1v) is 7.15. The minimum absolute atomic E-state index is 0.0865. The number of ketones is 1. The van der Waals surface area contributed by atoms with Crippen molar-refractivity contribution < 1.29 is 4.79 Å². The van der Waals surface area contributed by atoms with Crippen molar-refractivity contribution in [2.45, 2.75) is 13.8 Å². The minimum atomic E-state index is 0.0865. The molecule has 0 aliphatic carbocycles. The molecule has 1 rings (SSSR count). The summed E-state index contributed by atoms with van der Waals surface area (Å²) >= 11 is 2.23. The zero-order valence-electron chi connectivity index (χ0n) is 6.26. The van der Waals surface area contributed by atoms with Gasteiger partial charge in [0, 0.05) is 0 Å². The van der Waals surface area contributed by atoms with Crippen LogP contribution in [0, 0.1) is 6.92 Å². The highest BCUT2D eigenvalue weighted by Crippen LogP contribution is 2.25. The fraction of sp³-hybridized carbons (Fsp3) is 0.333. The van der Waals surface area contributed by atoms with Crippen molar-refractivity contribution in [1.29, 1.82) is 0 Å². The van der Waals surface area contributed by atoms with Crippen LogP contribution in [0.5, 0.6) is 0 Å². The quantitative estimate of drug-likeness (QED) is 0.473. The van der Waals surface area contributed by atoms with E-state index in [1.165, 1.54) is 0 Å². The lowest BCUT2D eigenvalue weighted by molar-refractivity contribution is 0.101. The first-order chi connectivity index (χ1) is 5.16. The predicted molar refractivity (Wildman–Crippen MR) is 54.7 cm³/mol. The number of nitrogens with zero attached hydrogens (tertiary/aromatic N) is 2. The Labute approximate surface area is 79.9 Å². The Morgan fingerprint density at radius 1 is 1.82 bits per heavy atom. The third-order valence-corrected chi connectivity index (χ3v) is 3.45. The lowest BCUT2D eigenvalue weighted by atomic mass is 10.2. The van der Waals surface area contributed by atoms with Gasteiger partial charge in [-0.1, -0.05) is 0 Å². The van der Waals surface area contributed by atoms with Crippen LogP contribution >= 0.6 is 28.4 Å². The van der Waals surface area contributed by atoms with Crippen LogP contribution in [0.15, 0.2) is 6.20 Å². The Morgan fingerprint density at radius 2 is 2.45 bits per heavy atom. The molecule has 3 nitrogen and oxygen atoms in total. The Morgan fingerprint density at radius 3 is 2.73 bits per heavy atom. The Balaban J connectivity index is 3.10. The molecular formula is C6H8IN2OP. The van der Waals surface area contributed by atoms with Gasteiger partial charge in [0.1, 0.15) is 0 Å². The van der Waals surface area contributed by atoms with Gasteiger partial charge in [-0.25, -0.2) is 4.45 Å². The topological polar surface area (TPSA) is 34.9 Å². The van der Waals surface area contributed by atoms with Gasteiger partial charge in [0.25, 0.3) is 0 Å². The summed E-state index contributed by atoms with van der Waals surface area (Å²) in [7, 11) is 0. The van der Waals surface area contributed by atoms with E-state index in [-0.39, 0.29) is 5.78 Å². The molecule has 1 heterocycles. The molecule has 0 amide bonds. The van der Waals surface area contributed by atoms with Gasteiger partial charge in [0.2, 0.25) is 0 Å². The highest BCUT2D eigenvalue weighted by atomic mass is 127. The highest BCUT2D eigenvalue weighted by molar-refractivity contribution is 14.2. The van der Waals surface area contributed by atoms with Gasteiger partial charge in [-0.05, 0) is 35.9 Å². The summed E-state index contributed by atoms with van der Waals surface area (Å²) < 4.78 is 1.83. The zero-order valence-corrected chi connectivity index (χ0v) is 9.42. The molecule has 1 atom stereocenters. The number of Topliss-reactive ketones (excluding diaryl/α,β-unsaturated/α-hetero) is 1. The van der Waals surface area contributed by atoms with E-state index in [4.69, 9.17) is 0 Å². The maximum Gasteiger partial charge on any atom is 0.163 e. The molecule has 0 fully saturated rings. The molecule has 11 heavy (non-hydrogen) atoms. The first kappa shape index (κ1) is 9.13. The van der Waals surface area contributed by atoms with Crippen LogP contribution in [0.4, 0.5) is 0 Å². The highest BCUT2D eigenvalue weighted by Gasteiger charge is 2.08. The van der Waals surface area contributed by atoms with Gasteiger partial charge in [0.05, 0.1) is 23.8 Å². The van der Waals surface area contributed by atoms with Gasteiger partial charge in [-0.2, -0.15) is 5.10 Å². The number of hydrogen-bond donors (Lipinski definition) is 0. The van der Waals surface area contributed by atoms with Crippen LogP contribution in [-0.2, 0) is 0 Å². The molecule has 0 saturated heterocycles. The molecule has 1 aromatic rings. The standard InChI is InChI=1S/C6H8IN2OP/c1-4-6(5(2)10)3-8-9(4)11-7/h3,11H,1-2H3. The SMILES string of the molecule is CC(=O)c1cnn(PI)c1C. The summed E-state index contributed by atoms with van der Waals surface area (Å²) in [5.41, 5.74) is 1.69. The molecule has 0 aliphatic heterocycles. The zero-order chi connectivity index (χ0) is 8.43. The number of carbonyl (C=O) groups is 1. The fourth-order valence-electron chi connectivity index (χ4n) is 0.840. The van der Waals surface area contributed by atoms with Crippen LogP contribution < -0.4 is 0 Å². The minimum Gasteiger partial charge on any atom is -0.294 e. The van der Waals surface area contributed by atoms with Gasteiger partial charge >= 0.3 is 0 Å². The number of carbonyl (C=O) groups excluding carboxylic acids is 1. The summed E-state index contributed by atoms with van der Waals surface area (Å²) in [6, 6.07) is 0. The molecule has 0 radical (unpaired) electrons. The van der Waals surface area contributed by atoms with Gasteiger partial charge in [0.15, 0.2) is 5.78 Å². The number of aromatic nitrogens is 2. The van der Waals surface area contributed by atoms with E-state index in [1.54, 1.807) is 13.1 Å². The van der Waals surface area contributed by atoms with Crippen LogP contribution in [0.1, 0.15) is 23.0 Å². The van der Waals surface area contributed by atoms with Gasteiger partial charge < -0.3 is 0 Å². The van der Waals surface area contributed by atoms with Crippen molar-refractivity contribution in [3.8, 4) is 0 Å². The molecule has 0 N–H and O–H groups in total. The second kappa shape index (κ2) is 3.63. The van der Waals surface area contributed by atoms with Gasteiger partial charge in [-0.15, -0.1) is 0 Å². The molecule has 0 aliphatic rings. The molecule has 0 aromatic carbocycles. The molecule has 0 spiro atoms. The number of hydrogen-bond acceptors (Lipinski definition) is 2. The molecule has 60 valence electrons. The third-order valence-electron chi connectivity index (χ3n) is 1.47. The van der Waals surface area contributed by atoms with Crippen LogP contribution in [0.2, 0.25) is 0 Å². The summed E-state index contributed by atoms with van der Waals surface area (Å²) in [5.74, 6) is 0.0865.